The van der Waals surface area contributed by atoms with Gasteiger partial charge in [-0.05, 0) is 12.8 Å². The van der Waals surface area contributed by atoms with Gasteiger partial charge in [0.1, 0.15) is 6.33 Å². The van der Waals surface area contributed by atoms with Crippen molar-refractivity contribution in [2.75, 3.05) is 11.1 Å². The highest BCUT2D eigenvalue weighted by molar-refractivity contribution is 5.36. The van der Waals surface area contributed by atoms with E-state index >= 15 is 0 Å². The van der Waals surface area contributed by atoms with Crippen molar-refractivity contribution >= 4 is 11.9 Å². The Balaban J connectivity index is 1.81. The summed E-state index contributed by atoms with van der Waals surface area (Å²) in [5.74, 6) is 0.932. The van der Waals surface area contributed by atoms with E-state index in [1.54, 1.807) is 23.3 Å². The Labute approximate surface area is 122 Å². The number of nitrogens with zero attached hydrogens (tertiary/aromatic N) is 5. The lowest BCUT2D eigenvalue weighted by Crippen LogP contribution is -2.33. The Kier molecular flexibility index (Phi) is 3.96. The number of hydrogen-bond donors (Lipinski definition) is 3. The van der Waals surface area contributed by atoms with Gasteiger partial charge < -0.3 is 16.2 Å². The molecule has 3 rings (SSSR count). The Bertz CT molecular complexity index is 586. The summed E-state index contributed by atoms with van der Waals surface area (Å²) in [6.45, 7) is 0. The second-order valence-electron chi connectivity index (χ2n) is 5.24. The van der Waals surface area contributed by atoms with Crippen LogP contribution in [0.5, 0.6) is 0 Å². The van der Waals surface area contributed by atoms with Crippen molar-refractivity contribution in [2.24, 2.45) is 0 Å². The minimum absolute atomic E-state index is 0.0510. The molecule has 2 aromatic rings. The maximum Gasteiger partial charge on any atom is 0.241 e. The molecule has 1 saturated carbocycles. The van der Waals surface area contributed by atoms with E-state index < -0.39 is 0 Å². The number of hydrogen-bond acceptors (Lipinski definition) is 7. The van der Waals surface area contributed by atoms with E-state index in [-0.39, 0.29) is 18.1 Å². The normalized spacial score (nSPS) is 22.7. The molecule has 21 heavy (non-hydrogen) atoms. The second kappa shape index (κ2) is 6.04. The summed E-state index contributed by atoms with van der Waals surface area (Å²) >= 11 is 0. The highest BCUT2D eigenvalue weighted by atomic mass is 16.3. The van der Waals surface area contributed by atoms with Crippen LogP contribution in [-0.2, 0) is 0 Å². The molecule has 112 valence electrons. The van der Waals surface area contributed by atoms with Crippen molar-refractivity contribution in [3.63, 3.8) is 0 Å². The summed E-state index contributed by atoms with van der Waals surface area (Å²) in [5.41, 5.74) is 5.74. The van der Waals surface area contributed by atoms with Gasteiger partial charge >= 0.3 is 0 Å². The van der Waals surface area contributed by atoms with E-state index in [1.807, 2.05) is 0 Å². The molecule has 4 N–H and O–H groups in total. The minimum Gasteiger partial charge on any atom is -0.391 e. The lowest BCUT2D eigenvalue weighted by Gasteiger charge is -2.21. The molecule has 0 amide bonds. The lowest BCUT2D eigenvalue weighted by atomic mass is 10.1. The number of aromatic nitrogens is 5. The molecule has 1 aliphatic carbocycles. The number of nitrogens with two attached hydrogens (primary N) is 1. The number of aliphatic hydroxyl groups is 1. The van der Waals surface area contributed by atoms with Crippen LogP contribution < -0.4 is 11.1 Å². The molecule has 0 aromatic carbocycles. The van der Waals surface area contributed by atoms with Crippen LogP contribution >= 0.6 is 0 Å². The lowest BCUT2D eigenvalue weighted by molar-refractivity contribution is 0.144. The average molecular weight is 289 g/mol. The Morgan fingerprint density at radius 2 is 2.05 bits per heavy atom. The Hall–Kier alpha value is -2.22. The first-order valence-corrected chi connectivity index (χ1v) is 7.17. The highest BCUT2D eigenvalue weighted by Crippen LogP contribution is 2.20. The number of aliphatic hydroxyl groups excluding tert-OH is 1. The zero-order valence-corrected chi connectivity index (χ0v) is 11.7. The zero-order chi connectivity index (χ0) is 14.7. The first-order chi connectivity index (χ1) is 10.2. The number of rotatable bonds is 3. The van der Waals surface area contributed by atoms with E-state index in [9.17, 15) is 5.11 Å². The zero-order valence-electron chi connectivity index (χ0n) is 11.7. The van der Waals surface area contributed by atoms with Gasteiger partial charge in [0, 0.05) is 12.4 Å². The van der Waals surface area contributed by atoms with Crippen molar-refractivity contribution < 1.29 is 5.11 Å². The molecule has 1 aliphatic rings. The summed E-state index contributed by atoms with van der Waals surface area (Å²) in [4.78, 5) is 16.5. The first-order valence-electron chi connectivity index (χ1n) is 7.17. The minimum atomic E-state index is -0.387. The van der Waals surface area contributed by atoms with Gasteiger partial charge in [-0.3, -0.25) is 4.57 Å². The van der Waals surface area contributed by atoms with Crippen LogP contribution in [0, 0.1) is 0 Å². The van der Waals surface area contributed by atoms with Crippen molar-refractivity contribution in [2.45, 2.75) is 44.2 Å². The van der Waals surface area contributed by atoms with Crippen LogP contribution in [0.4, 0.5) is 11.9 Å². The number of nitrogens with one attached hydrogen (secondary N) is 1. The molecule has 0 radical (unpaired) electrons. The third kappa shape index (κ3) is 3.27. The third-order valence-electron chi connectivity index (χ3n) is 3.67. The molecule has 0 saturated heterocycles. The highest BCUT2D eigenvalue weighted by Gasteiger charge is 2.22. The molecular formula is C13H19N7O. The molecule has 8 nitrogen and oxygen atoms in total. The van der Waals surface area contributed by atoms with Gasteiger partial charge in [0.15, 0.2) is 0 Å². The average Bonchev–Trinajstić information content (AvgIpc) is 2.92. The molecule has 0 aliphatic heterocycles. The van der Waals surface area contributed by atoms with Crippen LogP contribution in [0.15, 0.2) is 18.7 Å². The Morgan fingerprint density at radius 3 is 2.86 bits per heavy atom. The number of imidazole rings is 1. The molecular weight excluding hydrogens is 270 g/mol. The van der Waals surface area contributed by atoms with Crippen molar-refractivity contribution in [1.82, 2.24) is 24.5 Å². The van der Waals surface area contributed by atoms with Gasteiger partial charge in [-0.2, -0.15) is 15.0 Å². The number of anilines is 2. The molecule has 2 atom stereocenters. The molecule has 0 spiro atoms. The van der Waals surface area contributed by atoms with Gasteiger partial charge in [0.2, 0.25) is 17.8 Å². The number of nitrogen functional groups attached to an aromatic ring is 1. The van der Waals surface area contributed by atoms with Gasteiger partial charge in [-0.25, -0.2) is 4.98 Å². The van der Waals surface area contributed by atoms with Crippen LogP contribution in [0.2, 0.25) is 0 Å². The molecule has 1 fully saturated rings. The first kappa shape index (κ1) is 13.7. The fourth-order valence-electron chi connectivity index (χ4n) is 2.56. The van der Waals surface area contributed by atoms with E-state index in [0.29, 0.717) is 11.9 Å². The van der Waals surface area contributed by atoms with E-state index in [4.69, 9.17) is 5.73 Å². The van der Waals surface area contributed by atoms with Gasteiger partial charge in [-0.15, -0.1) is 0 Å². The third-order valence-corrected chi connectivity index (χ3v) is 3.67. The van der Waals surface area contributed by atoms with Crippen LogP contribution in [0.3, 0.4) is 0 Å². The molecule has 2 unspecified atom stereocenters. The van der Waals surface area contributed by atoms with E-state index in [1.165, 1.54) is 0 Å². The second-order valence-corrected chi connectivity index (χ2v) is 5.24. The fraction of sp³-hybridized carbons (Fsp3) is 0.538. The van der Waals surface area contributed by atoms with E-state index in [2.05, 4.69) is 25.3 Å². The maximum absolute atomic E-state index is 10.2. The predicted octanol–water partition coefficient (Wildman–Crippen LogP) is 0.745. The SMILES string of the molecule is Nc1nc(NC2CCCCCC2O)nc(-n2ccnc2)n1. The molecule has 2 heterocycles. The van der Waals surface area contributed by atoms with Crippen LogP contribution in [-0.4, -0.2) is 41.8 Å². The van der Waals surface area contributed by atoms with Crippen LogP contribution in [0.1, 0.15) is 32.1 Å². The predicted molar refractivity (Wildman–Crippen MR) is 77.9 cm³/mol. The largest absolute Gasteiger partial charge is 0.391 e. The monoisotopic (exact) mass is 289 g/mol. The molecule has 0 bridgehead atoms. The summed E-state index contributed by atoms with van der Waals surface area (Å²) in [7, 11) is 0. The maximum atomic E-state index is 10.2. The van der Waals surface area contributed by atoms with Crippen molar-refractivity contribution in [3.05, 3.63) is 18.7 Å². The van der Waals surface area contributed by atoms with E-state index in [0.717, 1.165) is 32.1 Å². The molecule has 2 aromatic heterocycles. The van der Waals surface area contributed by atoms with Crippen molar-refractivity contribution in [1.29, 1.82) is 0 Å². The summed E-state index contributed by atoms with van der Waals surface area (Å²) < 4.78 is 1.66. The smallest absolute Gasteiger partial charge is 0.241 e. The van der Waals surface area contributed by atoms with Gasteiger partial charge in [0.25, 0.3) is 0 Å². The summed E-state index contributed by atoms with van der Waals surface area (Å²) in [6, 6.07) is -0.0510. The fourth-order valence-corrected chi connectivity index (χ4v) is 2.56. The quantitative estimate of drug-likeness (QED) is 0.714. The van der Waals surface area contributed by atoms with Crippen molar-refractivity contribution in [3.8, 4) is 5.95 Å². The van der Waals surface area contributed by atoms with Gasteiger partial charge in [0.05, 0.1) is 12.1 Å². The van der Waals surface area contributed by atoms with Crippen LogP contribution in [0.25, 0.3) is 5.95 Å². The standard InChI is InChI=1S/C13H19N7O/c14-11-17-12(16-9-4-2-1-3-5-10(9)21)19-13(18-11)20-7-6-15-8-20/h6-10,21H,1-5H2,(H3,14,16,17,18,19). The summed E-state index contributed by atoms with van der Waals surface area (Å²) in [5, 5.41) is 13.3. The van der Waals surface area contributed by atoms with Gasteiger partial charge in [-0.1, -0.05) is 19.3 Å². The topological polar surface area (TPSA) is 115 Å². The Morgan fingerprint density at radius 1 is 1.19 bits per heavy atom. The summed E-state index contributed by atoms with van der Waals surface area (Å²) in [6.07, 6.45) is 9.57. The molecule has 8 heteroatoms.